The van der Waals surface area contributed by atoms with Crippen LogP contribution in [0.2, 0.25) is 0 Å². The molecule has 3 unspecified atom stereocenters. The van der Waals surface area contributed by atoms with Gasteiger partial charge in [0.1, 0.15) is 0 Å². The Labute approximate surface area is 118 Å². The van der Waals surface area contributed by atoms with Crippen molar-refractivity contribution in [3.05, 3.63) is 0 Å². The largest absolute Gasteiger partial charge is 0.395 e. The van der Waals surface area contributed by atoms with Gasteiger partial charge in [-0.15, -0.1) is 0 Å². The van der Waals surface area contributed by atoms with E-state index in [9.17, 15) is 9.00 Å². The summed E-state index contributed by atoms with van der Waals surface area (Å²) in [4.78, 5) is 13.6. The number of aliphatic hydroxyl groups is 1. The molecule has 0 radical (unpaired) electrons. The van der Waals surface area contributed by atoms with E-state index in [2.05, 4.69) is 5.32 Å². The van der Waals surface area contributed by atoms with Gasteiger partial charge in [0.2, 0.25) is 0 Å². The molecule has 2 amide bonds. The van der Waals surface area contributed by atoms with E-state index in [1.807, 2.05) is 13.8 Å². The van der Waals surface area contributed by atoms with Crippen molar-refractivity contribution in [2.45, 2.75) is 50.8 Å². The van der Waals surface area contributed by atoms with Crippen LogP contribution in [0.5, 0.6) is 0 Å². The number of carbonyl (C=O) groups excluding carboxylic acids is 1. The number of likely N-dealkylation sites (N-methyl/N-ethyl adjacent to an activating group) is 1. The summed E-state index contributed by atoms with van der Waals surface area (Å²) < 4.78 is 11.8. The molecular weight excluding hydrogens is 264 g/mol. The van der Waals surface area contributed by atoms with Crippen LogP contribution in [-0.4, -0.2) is 57.0 Å². The second kappa shape index (κ2) is 8.53. The zero-order chi connectivity index (χ0) is 14.3. The molecule has 112 valence electrons. The third kappa shape index (κ3) is 5.10. The van der Waals surface area contributed by atoms with Crippen LogP contribution in [0.3, 0.4) is 0 Å². The van der Waals surface area contributed by atoms with Crippen LogP contribution in [-0.2, 0) is 10.8 Å². The van der Waals surface area contributed by atoms with Crippen LogP contribution >= 0.6 is 0 Å². The summed E-state index contributed by atoms with van der Waals surface area (Å²) in [5.41, 5.74) is 0. The minimum atomic E-state index is -0.770. The number of nitrogens with zero attached hydrogens (tertiary/aromatic N) is 1. The molecule has 6 heteroatoms. The van der Waals surface area contributed by atoms with Crippen molar-refractivity contribution in [1.29, 1.82) is 0 Å². The molecular formula is C13H26N2O3S. The minimum absolute atomic E-state index is 0.0194. The van der Waals surface area contributed by atoms with Crippen molar-refractivity contribution in [3.8, 4) is 0 Å². The summed E-state index contributed by atoms with van der Waals surface area (Å²) in [5, 5.41) is 12.1. The monoisotopic (exact) mass is 290 g/mol. The van der Waals surface area contributed by atoms with E-state index in [1.54, 1.807) is 4.90 Å². The Hall–Kier alpha value is -0.620. The molecule has 1 aliphatic carbocycles. The van der Waals surface area contributed by atoms with Gasteiger partial charge >= 0.3 is 6.03 Å². The van der Waals surface area contributed by atoms with Crippen molar-refractivity contribution in [3.63, 3.8) is 0 Å². The number of hydrogen-bond donors (Lipinski definition) is 2. The maximum Gasteiger partial charge on any atom is 0.317 e. The smallest absolute Gasteiger partial charge is 0.317 e. The van der Waals surface area contributed by atoms with Gasteiger partial charge in [-0.25, -0.2) is 4.79 Å². The van der Waals surface area contributed by atoms with Crippen molar-refractivity contribution in [2.75, 3.05) is 25.4 Å². The van der Waals surface area contributed by atoms with Gasteiger partial charge in [0.15, 0.2) is 0 Å². The summed E-state index contributed by atoms with van der Waals surface area (Å²) in [7, 11) is -0.770. The molecule has 19 heavy (non-hydrogen) atoms. The standard InChI is InChI=1S/C13H26N2O3S/c1-3-15(8-9-16)13(17)14-11-6-5-7-12(10-11)19(18)4-2/h11-12,16H,3-10H2,1-2H3,(H,14,17). The van der Waals surface area contributed by atoms with Gasteiger partial charge in [-0.2, -0.15) is 0 Å². The first-order valence-corrected chi connectivity index (χ1v) is 8.54. The quantitative estimate of drug-likeness (QED) is 0.769. The molecule has 0 aromatic rings. The van der Waals surface area contributed by atoms with E-state index in [4.69, 9.17) is 5.11 Å². The highest BCUT2D eigenvalue weighted by atomic mass is 32.2. The highest BCUT2D eigenvalue weighted by Gasteiger charge is 2.27. The van der Waals surface area contributed by atoms with E-state index < -0.39 is 10.8 Å². The van der Waals surface area contributed by atoms with Crippen LogP contribution in [0, 0.1) is 0 Å². The number of nitrogens with one attached hydrogen (secondary N) is 1. The summed E-state index contributed by atoms with van der Waals surface area (Å²) in [5.74, 6) is 0.691. The third-order valence-electron chi connectivity index (χ3n) is 3.65. The van der Waals surface area contributed by atoms with Crippen molar-refractivity contribution >= 4 is 16.8 Å². The first-order chi connectivity index (χ1) is 9.12. The maximum atomic E-state index is 12.0. The van der Waals surface area contributed by atoms with E-state index in [0.717, 1.165) is 25.7 Å². The lowest BCUT2D eigenvalue weighted by atomic mass is 9.95. The predicted octanol–water partition coefficient (Wildman–Crippen LogP) is 1.09. The Morgan fingerprint density at radius 1 is 1.42 bits per heavy atom. The fourth-order valence-corrected chi connectivity index (χ4v) is 3.89. The van der Waals surface area contributed by atoms with Gasteiger partial charge < -0.3 is 15.3 Å². The van der Waals surface area contributed by atoms with Crippen molar-refractivity contribution in [2.24, 2.45) is 0 Å². The number of hydrogen-bond acceptors (Lipinski definition) is 3. The summed E-state index contributed by atoms with van der Waals surface area (Å²) >= 11 is 0. The van der Waals surface area contributed by atoms with Crippen LogP contribution in [0.1, 0.15) is 39.5 Å². The van der Waals surface area contributed by atoms with Gasteiger partial charge in [-0.3, -0.25) is 4.21 Å². The lowest BCUT2D eigenvalue weighted by Crippen LogP contribution is -2.48. The first kappa shape index (κ1) is 16.4. The molecule has 0 aliphatic heterocycles. The van der Waals surface area contributed by atoms with Crippen molar-refractivity contribution in [1.82, 2.24) is 10.2 Å². The normalized spacial score (nSPS) is 24.8. The molecule has 1 saturated carbocycles. The lowest BCUT2D eigenvalue weighted by Gasteiger charge is -2.31. The molecule has 0 saturated heterocycles. The topological polar surface area (TPSA) is 69.6 Å². The molecule has 1 fully saturated rings. The third-order valence-corrected chi connectivity index (χ3v) is 5.39. The van der Waals surface area contributed by atoms with Gasteiger partial charge in [0.25, 0.3) is 0 Å². The molecule has 3 atom stereocenters. The van der Waals surface area contributed by atoms with Gasteiger partial charge in [-0.1, -0.05) is 13.3 Å². The molecule has 0 heterocycles. The number of amides is 2. The van der Waals surface area contributed by atoms with Gasteiger partial charge in [0, 0.05) is 40.9 Å². The Morgan fingerprint density at radius 2 is 2.16 bits per heavy atom. The maximum absolute atomic E-state index is 12.0. The Bertz CT molecular complexity index is 312. The Kier molecular flexibility index (Phi) is 7.38. The van der Waals surface area contributed by atoms with Gasteiger partial charge in [0.05, 0.1) is 6.61 Å². The lowest BCUT2D eigenvalue weighted by molar-refractivity contribution is 0.174. The zero-order valence-electron chi connectivity index (χ0n) is 11.9. The molecule has 0 aromatic carbocycles. The molecule has 0 spiro atoms. The summed E-state index contributed by atoms with van der Waals surface area (Å²) in [6.45, 7) is 4.76. The van der Waals surface area contributed by atoms with E-state index >= 15 is 0 Å². The molecule has 2 N–H and O–H groups in total. The molecule has 1 rings (SSSR count). The molecule has 5 nitrogen and oxygen atoms in total. The Morgan fingerprint density at radius 3 is 2.74 bits per heavy atom. The highest BCUT2D eigenvalue weighted by molar-refractivity contribution is 7.85. The van der Waals surface area contributed by atoms with Crippen LogP contribution in [0.25, 0.3) is 0 Å². The predicted molar refractivity (Wildman–Crippen MR) is 77.6 cm³/mol. The fraction of sp³-hybridized carbons (Fsp3) is 0.923. The Balaban J connectivity index is 2.47. The second-order valence-electron chi connectivity index (χ2n) is 4.91. The van der Waals surface area contributed by atoms with Gasteiger partial charge in [-0.05, 0) is 26.2 Å². The highest BCUT2D eigenvalue weighted by Crippen LogP contribution is 2.23. The SMILES string of the molecule is CCN(CCO)C(=O)NC1CCCC(S(=O)CC)C1. The number of urea groups is 1. The summed E-state index contributed by atoms with van der Waals surface area (Å²) in [6.07, 6.45) is 3.79. The molecule has 1 aliphatic rings. The zero-order valence-corrected chi connectivity index (χ0v) is 12.7. The number of rotatable bonds is 6. The second-order valence-corrected chi connectivity index (χ2v) is 6.91. The average Bonchev–Trinajstić information content (AvgIpc) is 2.43. The average molecular weight is 290 g/mol. The molecule has 0 bridgehead atoms. The summed E-state index contributed by atoms with van der Waals surface area (Å²) in [6, 6.07) is -0.000950. The van der Waals surface area contributed by atoms with Crippen molar-refractivity contribution < 1.29 is 14.1 Å². The fourth-order valence-electron chi connectivity index (χ4n) is 2.54. The minimum Gasteiger partial charge on any atom is -0.395 e. The van der Waals surface area contributed by atoms with E-state index in [-0.39, 0.29) is 23.9 Å². The van der Waals surface area contributed by atoms with Crippen LogP contribution < -0.4 is 5.32 Å². The molecule has 0 aromatic heterocycles. The first-order valence-electron chi connectivity index (χ1n) is 7.15. The number of aliphatic hydroxyl groups excluding tert-OH is 1. The van der Waals surface area contributed by atoms with Crippen LogP contribution in [0.4, 0.5) is 4.79 Å². The van der Waals surface area contributed by atoms with E-state index in [1.165, 1.54) is 0 Å². The van der Waals surface area contributed by atoms with Crippen LogP contribution in [0.15, 0.2) is 0 Å². The van der Waals surface area contributed by atoms with E-state index in [0.29, 0.717) is 18.8 Å². The number of carbonyl (C=O) groups is 1.